The first kappa shape index (κ1) is 19.1. The highest BCUT2D eigenvalue weighted by molar-refractivity contribution is 6.09. The zero-order valence-corrected chi connectivity index (χ0v) is 15.4. The fourth-order valence-electron chi connectivity index (χ4n) is 3.28. The molecule has 142 valence electrons. The van der Waals surface area contributed by atoms with E-state index >= 15 is 0 Å². The van der Waals surface area contributed by atoms with Crippen LogP contribution in [-0.2, 0) is 4.79 Å². The maximum absolute atomic E-state index is 13.0. The van der Waals surface area contributed by atoms with Crippen LogP contribution in [0.2, 0.25) is 0 Å². The summed E-state index contributed by atoms with van der Waals surface area (Å²) in [5.41, 5.74) is 0.901. The molecule has 0 saturated heterocycles. The number of ether oxygens (including phenoxy) is 1. The average Bonchev–Trinajstić information content (AvgIpc) is 2.69. The zero-order chi connectivity index (χ0) is 19.2. The van der Waals surface area contributed by atoms with Gasteiger partial charge in [0.2, 0.25) is 0 Å². The van der Waals surface area contributed by atoms with E-state index < -0.39 is 6.10 Å². The molecular weight excluding hydrogens is 345 g/mol. The Morgan fingerprint density at radius 3 is 2.11 bits per heavy atom. The number of carbonyl (C=O) groups excluding carboxylic acids is 2. The molecule has 4 nitrogen and oxygen atoms in total. The minimum atomic E-state index is -0.606. The van der Waals surface area contributed by atoms with Gasteiger partial charge in [0.1, 0.15) is 11.6 Å². The van der Waals surface area contributed by atoms with Crippen molar-refractivity contribution in [3.63, 3.8) is 0 Å². The van der Waals surface area contributed by atoms with Crippen molar-refractivity contribution < 1.29 is 18.7 Å². The van der Waals surface area contributed by atoms with E-state index in [1.807, 2.05) is 0 Å². The van der Waals surface area contributed by atoms with Gasteiger partial charge in [-0.1, -0.05) is 19.3 Å². The third-order valence-electron chi connectivity index (χ3n) is 4.86. The van der Waals surface area contributed by atoms with Crippen molar-refractivity contribution in [3.8, 4) is 5.75 Å². The van der Waals surface area contributed by atoms with Crippen LogP contribution >= 0.6 is 0 Å². The summed E-state index contributed by atoms with van der Waals surface area (Å²) in [5, 5.41) is 3.05. The molecule has 0 spiro atoms. The molecule has 1 fully saturated rings. The van der Waals surface area contributed by atoms with Gasteiger partial charge in [-0.2, -0.15) is 0 Å². The Kier molecular flexibility index (Phi) is 6.22. The van der Waals surface area contributed by atoms with Gasteiger partial charge >= 0.3 is 0 Å². The minimum absolute atomic E-state index is 0.117. The summed E-state index contributed by atoms with van der Waals surface area (Å²) in [4.78, 5) is 24.7. The van der Waals surface area contributed by atoms with Gasteiger partial charge in [0.25, 0.3) is 5.91 Å². The average molecular weight is 369 g/mol. The van der Waals surface area contributed by atoms with Crippen molar-refractivity contribution in [2.45, 2.75) is 51.2 Å². The summed E-state index contributed by atoms with van der Waals surface area (Å²) in [5.74, 6) is -0.161. The highest BCUT2D eigenvalue weighted by Gasteiger charge is 2.20. The molecule has 0 bridgehead atoms. The number of carbonyl (C=O) groups is 2. The number of nitrogens with one attached hydrogen (secondary N) is 1. The fourth-order valence-corrected chi connectivity index (χ4v) is 3.28. The third-order valence-corrected chi connectivity index (χ3v) is 4.86. The largest absolute Gasteiger partial charge is 0.481 e. The van der Waals surface area contributed by atoms with Crippen LogP contribution in [0.15, 0.2) is 48.5 Å². The maximum atomic E-state index is 13.0. The number of ketones is 1. The van der Waals surface area contributed by atoms with Crippen LogP contribution < -0.4 is 10.1 Å². The highest BCUT2D eigenvalue weighted by Crippen LogP contribution is 2.19. The standard InChI is InChI=1S/C22H24FNO3/c1-15(22(26)24-19-5-3-2-4-6-19)27-20-13-9-17(10-14-20)21(25)16-7-11-18(23)12-8-16/h7-15,19H,2-6H2,1H3,(H,24,26). The normalized spacial score (nSPS) is 15.8. The molecule has 1 amide bonds. The number of halogens is 1. The number of hydrogen-bond acceptors (Lipinski definition) is 3. The molecule has 27 heavy (non-hydrogen) atoms. The van der Waals surface area contributed by atoms with Crippen molar-refractivity contribution in [2.24, 2.45) is 0 Å². The molecule has 3 rings (SSSR count). The lowest BCUT2D eigenvalue weighted by Gasteiger charge is -2.24. The van der Waals surface area contributed by atoms with Crippen molar-refractivity contribution in [2.75, 3.05) is 0 Å². The molecule has 0 aromatic heterocycles. The number of amides is 1. The second-order valence-electron chi connectivity index (χ2n) is 6.96. The van der Waals surface area contributed by atoms with Gasteiger partial charge in [0.05, 0.1) is 0 Å². The van der Waals surface area contributed by atoms with E-state index in [1.165, 1.54) is 30.7 Å². The molecule has 1 N–H and O–H groups in total. The molecule has 1 aliphatic rings. The van der Waals surface area contributed by atoms with Gasteiger partial charge in [-0.3, -0.25) is 9.59 Å². The van der Waals surface area contributed by atoms with Gasteiger partial charge in [-0.25, -0.2) is 4.39 Å². The number of benzene rings is 2. The summed E-state index contributed by atoms with van der Waals surface area (Å²) in [7, 11) is 0. The minimum Gasteiger partial charge on any atom is -0.481 e. The number of rotatable bonds is 6. The van der Waals surface area contributed by atoms with Crippen LogP contribution in [0, 0.1) is 5.82 Å². The van der Waals surface area contributed by atoms with E-state index in [-0.39, 0.29) is 23.5 Å². The Bertz CT molecular complexity index is 780. The molecule has 2 aromatic carbocycles. The van der Waals surface area contributed by atoms with Crippen molar-refractivity contribution in [1.82, 2.24) is 5.32 Å². The van der Waals surface area contributed by atoms with Crippen molar-refractivity contribution in [3.05, 3.63) is 65.5 Å². The Morgan fingerprint density at radius 1 is 0.963 bits per heavy atom. The van der Waals surface area contributed by atoms with E-state index in [4.69, 9.17) is 4.74 Å². The lowest BCUT2D eigenvalue weighted by molar-refractivity contribution is -0.128. The van der Waals surface area contributed by atoms with E-state index in [0.29, 0.717) is 16.9 Å². The first-order valence-electron chi connectivity index (χ1n) is 9.40. The topological polar surface area (TPSA) is 55.4 Å². The second-order valence-corrected chi connectivity index (χ2v) is 6.96. The van der Waals surface area contributed by atoms with Crippen LogP contribution in [0.5, 0.6) is 5.75 Å². The Labute approximate surface area is 158 Å². The monoisotopic (exact) mass is 369 g/mol. The molecule has 1 unspecified atom stereocenters. The molecule has 2 aromatic rings. The van der Waals surface area contributed by atoms with Crippen LogP contribution in [0.4, 0.5) is 4.39 Å². The van der Waals surface area contributed by atoms with Crippen LogP contribution in [0.25, 0.3) is 0 Å². The first-order chi connectivity index (χ1) is 13.0. The van der Waals surface area contributed by atoms with Gasteiger partial charge in [0.15, 0.2) is 11.9 Å². The molecular formula is C22H24FNO3. The van der Waals surface area contributed by atoms with Gasteiger partial charge in [-0.05, 0) is 68.3 Å². The fraction of sp³-hybridized carbons (Fsp3) is 0.364. The van der Waals surface area contributed by atoms with Crippen molar-refractivity contribution in [1.29, 1.82) is 0 Å². The van der Waals surface area contributed by atoms with Crippen molar-refractivity contribution >= 4 is 11.7 Å². The maximum Gasteiger partial charge on any atom is 0.260 e. The van der Waals surface area contributed by atoms with Crippen LogP contribution in [0.1, 0.15) is 54.9 Å². The highest BCUT2D eigenvalue weighted by atomic mass is 19.1. The van der Waals surface area contributed by atoms with E-state index in [2.05, 4.69) is 5.32 Å². The van der Waals surface area contributed by atoms with Gasteiger partial charge < -0.3 is 10.1 Å². The van der Waals surface area contributed by atoms with E-state index in [9.17, 15) is 14.0 Å². The predicted molar refractivity (Wildman–Crippen MR) is 101 cm³/mol. The first-order valence-corrected chi connectivity index (χ1v) is 9.40. The Hall–Kier alpha value is -2.69. The zero-order valence-electron chi connectivity index (χ0n) is 15.4. The molecule has 1 saturated carbocycles. The summed E-state index contributed by atoms with van der Waals surface area (Å²) in [6.07, 6.45) is 5.00. The lowest BCUT2D eigenvalue weighted by Crippen LogP contribution is -2.43. The summed E-state index contributed by atoms with van der Waals surface area (Å²) >= 11 is 0. The molecule has 0 radical (unpaired) electrons. The summed E-state index contributed by atoms with van der Waals surface area (Å²) in [6, 6.07) is 12.3. The SMILES string of the molecule is CC(Oc1ccc(C(=O)c2ccc(F)cc2)cc1)C(=O)NC1CCCCC1. The lowest BCUT2D eigenvalue weighted by atomic mass is 9.95. The second kappa shape index (κ2) is 8.80. The molecule has 1 atom stereocenters. The molecule has 5 heteroatoms. The number of hydrogen-bond donors (Lipinski definition) is 1. The predicted octanol–water partition coefficient (Wildman–Crippen LogP) is 4.27. The van der Waals surface area contributed by atoms with E-state index in [0.717, 1.165) is 25.7 Å². The quantitative estimate of drug-likeness (QED) is 0.774. The summed E-state index contributed by atoms with van der Waals surface area (Å²) in [6.45, 7) is 1.72. The smallest absolute Gasteiger partial charge is 0.260 e. The van der Waals surface area contributed by atoms with E-state index in [1.54, 1.807) is 31.2 Å². The Balaban J connectivity index is 1.57. The molecule has 1 aliphatic carbocycles. The van der Waals surface area contributed by atoms with Crippen LogP contribution in [-0.4, -0.2) is 23.8 Å². The Morgan fingerprint density at radius 2 is 1.52 bits per heavy atom. The van der Waals surface area contributed by atoms with Crippen LogP contribution in [0.3, 0.4) is 0 Å². The van der Waals surface area contributed by atoms with Gasteiger partial charge in [0, 0.05) is 17.2 Å². The summed E-state index contributed by atoms with van der Waals surface area (Å²) < 4.78 is 18.7. The third kappa shape index (κ3) is 5.16. The molecule has 0 aliphatic heterocycles. The van der Waals surface area contributed by atoms with Gasteiger partial charge in [-0.15, -0.1) is 0 Å². The molecule has 0 heterocycles.